The molecule has 1 aliphatic rings. The molecule has 0 spiro atoms. The predicted octanol–water partition coefficient (Wildman–Crippen LogP) is 1.52. The molecule has 0 aliphatic carbocycles. The second-order valence-corrected chi connectivity index (χ2v) is 4.89. The summed E-state index contributed by atoms with van der Waals surface area (Å²) in [5, 5.41) is 11.4. The summed E-state index contributed by atoms with van der Waals surface area (Å²) in [4.78, 5) is 0. The van der Waals surface area contributed by atoms with E-state index in [2.05, 4.69) is 29.4 Å². The Labute approximate surface area is 96.4 Å². The minimum absolute atomic E-state index is 0.00170. The first-order valence-electron chi connectivity index (χ1n) is 5.80. The minimum atomic E-state index is -0.00170. The van der Waals surface area contributed by atoms with Crippen LogP contribution in [0.2, 0.25) is 0 Å². The summed E-state index contributed by atoms with van der Waals surface area (Å²) in [6.45, 7) is 5.91. The number of hydrogen-bond acceptors (Lipinski definition) is 4. The number of nitrogens with one attached hydrogen (secondary N) is 1. The Hall–Kier alpha value is -1.00. The van der Waals surface area contributed by atoms with Crippen LogP contribution in [0.1, 0.15) is 32.4 Å². The molecule has 1 unspecified atom stereocenters. The van der Waals surface area contributed by atoms with Crippen molar-refractivity contribution < 1.29 is 4.74 Å². The molecule has 4 nitrogen and oxygen atoms in total. The molecule has 0 amide bonds. The van der Waals surface area contributed by atoms with E-state index in [-0.39, 0.29) is 5.60 Å². The third-order valence-corrected chi connectivity index (χ3v) is 2.90. The van der Waals surface area contributed by atoms with E-state index in [4.69, 9.17) is 4.74 Å². The van der Waals surface area contributed by atoms with Crippen LogP contribution in [-0.4, -0.2) is 28.4 Å². The van der Waals surface area contributed by atoms with Gasteiger partial charge in [0.15, 0.2) is 0 Å². The lowest BCUT2D eigenvalue weighted by Crippen LogP contribution is -2.43. The van der Waals surface area contributed by atoms with Crippen LogP contribution in [-0.2, 0) is 11.3 Å². The van der Waals surface area contributed by atoms with Crippen molar-refractivity contribution in [2.45, 2.75) is 44.9 Å². The standard InChI is InChI=1S/C12H19N3O/c1-12(2)8-10(5-7-16-12)13-9-11-4-3-6-14-15-11/h3-4,6,10,13H,5,7-9H2,1-2H3. The number of ether oxygens (including phenoxy) is 1. The zero-order valence-electron chi connectivity index (χ0n) is 9.94. The van der Waals surface area contributed by atoms with Crippen LogP contribution < -0.4 is 5.32 Å². The molecule has 1 fully saturated rings. The minimum Gasteiger partial charge on any atom is -0.375 e. The normalized spacial score (nSPS) is 24.2. The van der Waals surface area contributed by atoms with Gasteiger partial charge in [-0.3, -0.25) is 0 Å². The third-order valence-electron chi connectivity index (χ3n) is 2.90. The summed E-state index contributed by atoms with van der Waals surface area (Å²) >= 11 is 0. The molecular formula is C12H19N3O. The molecule has 1 aromatic rings. The Morgan fingerprint density at radius 1 is 1.56 bits per heavy atom. The van der Waals surface area contributed by atoms with E-state index in [1.807, 2.05) is 12.1 Å². The van der Waals surface area contributed by atoms with Crippen LogP contribution in [0.3, 0.4) is 0 Å². The maximum Gasteiger partial charge on any atom is 0.0769 e. The molecule has 4 heteroatoms. The average Bonchev–Trinajstić information content (AvgIpc) is 2.27. The molecule has 0 aromatic carbocycles. The molecule has 0 bridgehead atoms. The van der Waals surface area contributed by atoms with Gasteiger partial charge in [0.1, 0.15) is 0 Å². The lowest BCUT2D eigenvalue weighted by molar-refractivity contribution is -0.0631. The van der Waals surface area contributed by atoms with Gasteiger partial charge in [-0.05, 0) is 38.8 Å². The molecule has 1 aromatic heterocycles. The summed E-state index contributed by atoms with van der Waals surface area (Å²) in [7, 11) is 0. The van der Waals surface area contributed by atoms with E-state index in [9.17, 15) is 0 Å². The Balaban J connectivity index is 1.82. The third kappa shape index (κ3) is 3.25. The van der Waals surface area contributed by atoms with Gasteiger partial charge in [0.25, 0.3) is 0 Å². The quantitative estimate of drug-likeness (QED) is 0.840. The second kappa shape index (κ2) is 4.89. The molecule has 1 atom stereocenters. The fraction of sp³-hybridized carbons (Fsp3) is 0.667. The highest BCUT2D eigenvalue weighted by Crippen LogP contribution is 2.23. The Morgan fingerprint density at radius 3 is 3.12 bits per heavy atom. The lowest BCUT2D eigenvalue weighted by atomic mass is 9.94. The van der Waals surface area contributed by atoms with Crippen molar-refractivity contribution in [3.8, 4) is 0 Å². The fourth-order valence-electron chi connectivity index (χ4n) is 2.08. The monoisotopic (exact) mass is 221 g/mol. The summed E-state index contributed by atoms with van der Waals surface area (Å²) in [5.41, 5.74) is 0.991. The predicted molar refractivity (Wildman–Crippen MR) is 61.9 cm³/mol. The van der Waals surface area contributed by atoms with Gasteiger partial charge in [-0.25, -0.2) is 0 Å². The summed E-state index contributed by atoms with van der Waals surface area (Å²) in [5.74, 6) is 0. The van der Waals surface area contributed by atoms with Gasteiger partial charge >= 0.3 is 0 Å². The van der Waals surface area contributed by atoms with Crippen molar-refractivity contribution >= 4 is 0 Å². The number of aromatic nitrogens is 2. The zero-order valence-corrected chi connectivity index (χ0v) is 9.94. The maximum atomic E-state index is 5.68. The van der Waals surface area contributed by atoms with Gasteiger partial charge in [-0.15, -0.1) is 0 Å². The molecule has 16 heavy (non-hydrogen) atoms. The van der Waals surface area contributed by atoms with Crippen LogP contribution in [0.5, 0.6) is 0 Å². The van der Waals surface area contributed by atoms with Crippen molar-refractivity contribution in [2.24, 2.45) is 0 Å². The maximum absolute atomic E-state index is 5.68. The summed E-state index contributed by atoms with van der Waals surface area (Å²) < 4.78 is 5.68. The van der Waals surface area contributed by atoms with Crippen LogP contribution in [0, 0.1) is 0 Å². The van der Waals surface area contributed by atoms with E-state index in [1.165, 1.54) is 0 Å². The molecule has 1 saturated heterocycles. The zero-order chi connectivity index (χ0) is 11.4. The smallest absolute Gasteiger partial charge is 0.0769 e. The van der Waals surface area contributed by atoms with E-state index < -0.39 is 0 Å². The van der Waals surface area contributed by atoms with Gasteiger partial charge in [-0.2, -0.15) is 10.2 Å². The molecule has 2 rings (SSSR count). The van der Waals surface area contributed by atoms with Crippen LogP contribution in [0.4, 0.5) is 0 Å². The molecule has 0 radical (unpaired) electrons. The van der Waals surface area contributed by atoms with Gasteiger partial charge in [0, 0.05) is 25.4 Å². The van der Waals surface area contributed by atoms with Gasteiger partial charge < -0.3 is 10.1 Å². The summed E-state index contributed by atoms with van der Waals surface area (Å²) in [6.07, 6.45) is 3.82. The van der Waals surface area contributed by atoms with Crippen LogP contribution in [0.15, 0.2) is 18.3 Å². The van der Waals surface area contributed by atoms with Crippen molar-refractivity contribution in [3.05, 3.63) is 24.0 Å². The Morgan fingerprint density at radius 2 is 2.44 bits per heavy atom. The van der Waals surface area contributed by atoms with Crippen LogP contribution >= 0.6 is 0 Å². The highest BCUT2D eigenvalue weighted by molar-refractivity contribution is 4.99. The van der Waals surface area contributed by atoms with E-state index in [0.29, 0.717) is 6.04 Å². The topological polar surface area (TPSA) is 47.0 Å². The first kappa shape index (κ1) is 11.5. The van der Waals surface area contributed by atoms with Crippen LogP contribution in [0.25, 0.3) is 0 Å². The molecule has 0 saturated carbocycles. The Bertz CT molecular complexity index is 326. The van der Waals surface area contributed by atoms with Crippen molar-refractivity contribution in [2.75, 3.05) is 6.61 Å². The number of nitrogens with zero attached hydrogens (tertiary/aromatic N) is 2. The number of hydrogen-bond donors (Lipinski definition) is 1. The average molecular weight is 221 g/mol. The molecule has 2 heterocycles. The van der Waals surface area contributed by atoms with Crippen molar-refractivity contribution in [3.63, 3.8) is 0 Å². The lowest BCUT2D eigenvalue weighted by Gasteiger charge is -2.35. The first-order valence-corrected chi connectivity index (χ1v) is 5.80. The summed E-state index contributed by atoms with van der Waals surface area (Å²) in [6, 6.07) is 4.42. The Kier molecular flexibility index (Phi) is 3.51. The molecule has 88 valence electrons. The number of rotatable bonds is 3. The first-order chi connectivity index (χ1) is 7.66. The fourth-order valence-corrected chi connectivity index (χ4v) is 2.08. The van der Waals surface area contributed by atoms with E-state index in [0.717, 1.165) is 31.7 Å². The van der Waals surface area contributed by atoms with E-state index in [1.54, 1.807) is 6.20 Å². The highest BCUT2D eigenvalue weighted by Gasteiger charge is 2.28. The molecule has 1 aliphatic heterocycles. The van der Waals surface area contributed by atoms with Crippen molar-refractivity contribution in [1.29, 1.82) is 0 Å². The molecule has 1 N–H and O–H groups in total. The SMILES string of the molecule is CC1(C)CC(NCc2cccnn2)CCO1. The second-order valence-electron chi connectivity index (χ2n) is 4.89. The van der Waals surface area contributed by atoms with Gasteiger partial charge in [0.05, 0.1) is 11.3 Å². The van der Waals surface area contributed by atoms with Gasteiger partial charge in [-0.1, -0.05) is 0 Å². The van der Waals surface area contributed by atoms with Crippen molar-refractivity contribution in [1.82, 2.24) is 15.5 Å². The van der Waals surface area contributed by atoms with Gasteiger partial charge in [0.2, 0.25) is 0 Å². The largest absolute Gasteiger partial charge is 0.375 e. The molecular weight excluding hydrogens is 202 g/mol. The van der Waals surface area contributed by atoms with E-state index >= 15 is 0 Å². The highest BCUT2D eigenvalue weighted by atomic mass is 16.5.